The number of rotatable bonds is 4. The lowest BCUT2D eigenvalue weighted by Crippen LogP contribution is -2.40. The van der Waals surface area contributed by atoms with E-state index < -0.39 is 0 Å². The molecular formula is C18H28ClNO. The number of likely N-dealkylation sites (tertiary alicyclic amines) is 1. The van der Waals surface area contributed by atoms with Gasteiger partial charge in [-0.05, 0) is 56.8 Å². The summed E-state index contributed by atoms with van der Waals surface area (Å²) in [5, 5.41) is 9.85. The Kier molecular flexibility index (Phi) is 5.21. The summed E-state index contributed by atoms with van der Waals surface area (Å²) in [6.07, 6.45) is 7.81. The van der Waals surface area contributed by atoms with Gasteiger partial charge in [-0.15, -0.1) is 12.4 Å². The molecule has 3 heteroatoms. The maximum atomic E-state index is 9.85. The van der Waals surface area contributed by atoms with E-state index in [1.54, 1.807) is 6.07 Å². The number of benzene rings is 1. The molecule has 1 aromatic rings. The zero-order valence-corrected chi connectivity index (χ0v) is 14.0. The van der Waals surface area contributed by atoms with Gasteiger partial charge in [-0.1, -0.05) is 31.9 Å². The van der Waals surface area contributed by atoms with Crippen LogP contribution >= 0.6 is 12.4 Å². The van der Waals surface area contributed by atoms with E-state index in [0.29, 0.717) is 11.8 Å². The van der Waals surface area contributed by atoms with Gasteiger partial charge in [0.1, 0.15) is 5.75 Å². The van der Waals surface area contributed by atoms with E-state index in [2.05, 4.69) is 24.8 Å². The second-order valence-corrected chi connectivity index (χ2v) is 6.72. The van der Waals surface area contributed by atoms with Crippen LogP contribution in [0.2, 0.25) is 0 Å². The smallest absolute Gasteiger partial charge is 0.115 e. The molecule has 3 atom stereocenters. The van der Waals surface area contributed by atoms with Gasteiger partial charge in [-0.25, -0.2) is 0 Å². The second kappa shape index (κ2) is 6.58. The predicted molar refractivity (Wildman–Crippen MR) is 90.4 cm³/mol. The summed E-state index contributed by atoms with van der Waals surface area (Å²) in [6.45, 7) is 5.92. The first kappa shape index (κ1) is 16.6. The van der Waals surface area contributed by atoms with E-state index in [4.69, 9.17) is 0 Å². The minimum absolute atomic E-state index is 0. The van der Waals surface area contributed by atoms with Crippen LogP contribution in [0, 0.1) is 0 Å². The Morgan fingerprint density at radius 2 is 2.19 bits per heavy atom. The molecule has 1 saturated carbocycles. The molecule has 1 aliphatic carbocycles. The van der Waals surface area contributed by atoms with Gasteiger partial charge in [0.15, 0.2) is 0 Å². The normalized spacial score (nSPS) is 31.9. The van der Waals surface area contributed by atoms with Gasteiger partial charge in [0.2, 0.25) is 0 Å². The summed E-state index contributed by atoms with van der Waals surface area (Å²) in [7, 11) is 0. The van der Waals surface area contributed by atoms with Gasteiger partial charge in [-0.3, -0.25) is 4.90 Å². The molecule has 2 fully saturated rings. The summed E-state index contributed by atoms with van der Waals surface area (Å²) in [6, 6.07) is 9.37. The Morgan fingerprint density at radius 3 is 2.90 bits per heavy atom. The predicted octanol–water partition coefficient (Wildman–Crippen LogP) is 4.50. The number of phenolic OH excluding ortho intramolecular Hbond substituents is 1. The van der Waals surface area contributed by atoms with Crippen molar-refractivity contribution in [3.8, 4) is 5.75 Å². The van der Waals surface area contributed by atoms with Gasteiger partial charge in [0, 0.05) is 17.5 Å². The first-order chi connectivity index (χ1) is 9.67. The van der Waals surface area contributed by atoms with Crippen LogP contribution in [0.3, 0.4) is 0 Å². The highest BCUT2D eigenvalue weighted by Gasteiger charge is 2.52. The molecule has 1 heterocycles. The molecule has 1 aromatic carbocycles. The Bertz CT molecular complexity index is 478. The van der Waals surface area contributed by atoms with E-state index in [1.165, 1.54) is 50.6 Å². The Hall–Kier alpha value is -0.730. The molecule has 2 nitrogen and oxygen atoms in total. The highest BCUT2D eigenvalue weighted by molar-refractivity contribution is 5.85. The number of halogens is 1. The quantitative estimate of drug-likeness (QED) is 0.885. The van der Waals surface area contributed by atoms with Crippen LogP contribution in [0.15, 0.2) is 24.3 Å². The minimum Gasteiger partial charge on any atom is -0.508 e. The molecule has 2 bridgehead atoms. The zero-order chi connectivity index (χ0) is 14.2. The summed E-state index contributed by atoms with van der Waals surface area (Å²) >= 11 is 0. The summed E-state index contributed by atoms with van der Waals surface area (Å²) < 4.78 is 0. The molecule has 0 aromatic heterocycles. The van der Waals surface area contributed by atoms with Crippen molar-refractivity contribution < 1.29 is 5.11 Å². The number of fused-ring (bicyclic) bond motifs is 2. The summed E-state index contributed by atoms with van der Waals surface area (Å²) in [5.41, 5.74) is 1.63. The minimum atomic E-state index is 0. The molecule has 2 aliphatic rings. The Balaban J connectivity index is 0.00000161. The van der Waals surface area contributed by atoms with Gasteiger partial charge < -0.3 is 5.11 Å². The van der Waals surface area contributed by atoms with Gasteiger partial charge in [0.05, 0.1) is 0 Å². The van der Waals surface area contributed by atoms with Crippen LogP contribution in [0.1, 0.15) is 57.9 Å². The third kappa shape index (κ3) is 2.80. The molecular weight excluding hydrogens is 282 g/mol. The molecule has 3 rings (SSSR count). The standard InChI is InChI=1S/C18H27NO.ClH/c1-3-4-11-19-14(2)18(10-6-8-16(19)13-18)15-7-5-9-17(20)12-15;/h5,7,9,12,14,16,20H,3-4,6,8,10-11,13H2,1-2H3;1H. The van der Waals surface area contributed by atoms with Crippen molar-refractivity contribution in [3.05, 3.63) is 29.8 Å². The number of nitrogens with zero attached hydrogens (tertiary/aromatic N) is 1. The molecule has 1 aliphatic heterocycles. The highest BCUT2D eigenvalue weighted by Crippen LogP contribution is 2.51. The molecule has 21 heavy (non-hydrogen) atoms. The average molecular weight is 310 g/mol. The van der Waals surface area contributed by atoms with Crippen LogP contribution in [-0.4, -0.2) is 28.6 Å². The monoisotopic (exact) mass is 309 g/mol. The maximum absolute atomic E-state index is 9.85. The third-order valence-electron chi connectivity index (χ3n) is 5.72. The lowest BCUT2D eigenvalue weighted by molar-refractivity contribution is 0.189. The van der Waals surface area contributed by atoms with Crippen molar-refractivity contribution in [2.24, 2.45) is 0 Å². The molecule has 0 amide bonds. The number of phenols is 1. The largest absolute Gasteiger partial charge is 0.508 e. The first-order valence-corrected chi connectivity index (χ1v) is 8.22. The van der Waals surface area contributed by atoms with E-state index >= 15 is 0 Å². The van der Waals surface area contributed by atoms with Crippen molar-refractivity contribution in [1.82, 2.24) is 4.90 Å². The Morgan fingerprint density at radius 1 is 1.38 bits per heavy atom. The number of aromatic hydroxyl groups is 1. The van der Waals surface area contributed by atoms with Crippen molar-refractivity contribution in [2.75, 3.05) is 6.54 Å². The molecule has 118 valence electrons. The SMILES string of the molecule is CCCCN1C2CCCC(c3cccc(O)c3)(C2)C1C.Cl. The average Bonchev–Trinajstić information content (AvgIpc) is 2.65. The van der Waals surface area contributed by atoms with E-state index in [1.807, 2.05) is 12.1 Å². The van der Waals surface area contributed by atoms with E-state index in [-0.39, 0.29) is 17.8 Å². The lowest BCUT2D eigenvalue weighted by atomic mass is 9.67. The van der Waals surface area contributed by atoms with E-state index in [0.717, 1.165) is 6.04 Å². The van der Waals surface area contributed by atoms with Crippen LogP contribution in [0.4, 0.5) is 0 Å². The molecule has 1 saturated heterocycles. The van der Waals surface area contributed by atoms with Crippen LogP contribution in [-0.2, 0) is 5.41 Å². The third-order valence-corrected chi connectivity index (χ3v) is 5.72. The number of hydrogen-bond acceptors (Lipinski definition) is 2. The molecule has 1 N–H and O–H groups in total. The fraction of sp³-hybridized carbons (Fsp3) is 0.667. The fourth-order valence-corrected chi connectivity index (χ4v) is 4.61. The van der Waals surface area contributed by atoms with E-state index in [9.17, 15) is 5.11 Å². The first-order valence-electron chi connectivity index (χ1n) is 8.22. The van der Waals surface area contributed by atoms with Crippen molar-refractivity contribution >= 4 is 12.4 Å². The van der Waals surface area contributed by atoms with Crippen molar-refractivity contribution in [2.45, 2.75) is 69.9 Å². The number of unbranched alkanes of at least 4 members (excludes halogenated alkanes) is 1. The van der Waals surface area contributed by atoms with Gasteiger partial charge >= 0.3 is 0 Å². The molecule has 0 radical (unpaired) electrons. The molecule has 3 unspecified atom stereocenters. The second-order valence-electron chi connectivity index (χ2n) is 6.72. The van der Waals surface area contributed by atoms with Gasteiger partial charge in [-0.2, -0.15) is 0 Å². The van der Waals surface area contributed by atoms with Crippen molar-refractivity contribution in [3.63, 3.8) is 0 Å². The van der Waals surface area contributed by atoms with Crippen LogP contribution in [0.25, 0.3) is 0 Å². The van der Waals surface area contributed by atoms with Crippen LogP contribution < -0.4 is 0 Å². The fourth-order valence-electron chi connectivity index (χ4n) is 4.61. The summed E-state index contributed by atoms with van der Waals surface area (Å²) in [4.78, 5) is 2.75. The molecule has 0 spiro atoms. The van der Waals surface area contributed by atoms with Gasteiger partial charge in [0.25, 0.3) is 0 Å². The zero-order valence-electron chi connectivity index (χ0n) is 13.2. The Labute approximate surface area is 135 Å². The lowest BCUT2D eigenvalue weighted by Gasteiger charge is -2.36. The number of hydrogen-bond donors (Lipinski definition) is 1. The topological polar surface area (TPSA) is 23.5 Å². The van der Waals surface area contributed by atoms with Crippen LogP contribution in [0.5, 0.6) is 5.75 Å². The highest BCUT2D eigenvalue weighted by atomic mass is 35.5. The maximum Gasteiger partial charge on any atom is 0.115 e. The van der Waals surface area contributed by atoms with Crippen molar-refractivity contribution in [1.29, 1.82) is 0 Å². The summed E-state index contributed by atoms with van der Waals surface area (Å²) in [5.74, 6) is 0.415.